The third kappa shape index (κ3) is 6.08. The fraction of sp³-hybridized carbons (Fsp3) is 1.00. The molecule has 0 bridgehead atoms. The van der Waals surface area contributed by atoms with Crippen LogP contribution in [0.5, 0.6) is 0 Å². The van der Waals surface area contributed by atoms with Gasteiger partial charge in [0.25, 0.3) is 0 Å². The average Bonchev–Trinajstić information content (AvgIpc) is 2.35. The van der Waals surface area contributed by atoms with Crippen molar-refractivity contribution >= 4 is 58.8 Å². The molecule has 1 heterocycles. The standard InChI is InChI=1S/C18H52F2N4Si7/c1-25(2,3)21-17-18-22(26(4,5)6)30(15,16)24(28(10,11)12)31(19,20)23(27(7,8)9)29(21,13)14/h17-18H2,1-16H3. The third-order valence-corrected chi connectivity index (χ3v) is 44.3. The van der Waals surface area contributed by atoms with Crippen molar-refractivity contribution in [1.82, 2.24) is 16.3 Å². The molecular weight excluding hydrogens is 507 g/mol. The highest BCUT2D eigenvalue weighted by Gasteiger charge is 2.69. The van der Waals surface area contributed by atoms with E-state index in [1.165, 1.54) is 0 Å². The lowest BCUT2D eigenvalue weighted by atomic mass is 10.7. The molecule has 0 aromatic rings. The molecule has 13 heteroatoms. The van der Waals surface area contributed by atoms with Gasteiger partial charge in [0.05, 0.1) is 0 Å². The first-order valence-electron chi connectivity index (χ1n) is 11.7. The molecule has 0 unspecified atom stereocenters. The first-order chi connectivity index (χ1) is 13.2. The normalized spacial score (nSPS) is 25.7. The predicted molar refractivity (Wildman–Crippen MR) is 153 cm³/mol. The summed E-state index contributed by atoms with van der Waals surface area (Å²) in [4.78, 5) is 0. The highest BCUT2D eigenvalue weighted by molar-refractivity contribution is 7.10. The monoisotopic (exact) mass is 558 g/mol. The Balaban J connectivity index is 4.09. The molecule has 0 amide bonds. The van der Waals surface area contributed by atoms with Crippen molar-refractivity contribution in [3.05, 3.63) is 0 Å². The SMILES string of the molecule is C[Si](C)(C)N1CCN([Si](C)(C)C)[Si](C)(C)N([Si](C)(C)C)[Si](F)(F)N([Si](C)(C)C)[Si]1(C)C. The molecule has 0 atom stereocenters. The lowest BCUT2D eigenvalue weighted by Gasteiger charge is -2.60. The Morgan fingerprint density at radius 2 is 0.710 bits per heavy atom. The van der Waals surface area contributed by atoms with E-state index in [4.69, 9.17) is 0 Å². The van der Waals surface area contributed by atoms with E-state index >= 15 is 8.22 Å². The molecule has 0 saturated carbocycles. The van der Waals surface area contributed by atoms with Gasteiger partial charge in [0.2, 0.25) is 0 Å². The molecule has 0 aliphatic carbocycles. The van der Waals surface area contributed by atoms with Crippen LogP contribution in [0.1, 0.15) is 0 Å². The largest absolute Gasteiger partial charge is 0.574 e. The minimum atomic E-state index is -4.87. The highest BCUT2D eigenvalue weighted by atomic mass is 28.6. The number of halogens is 2. The van der Waals surface area contributed by atoms with Gasteiger partial charge in [-0.1, -0.05) is 78.6 Å². The van der Waals surface area contributed by atoms with Crippen LogP contribution in [0.25, 0.3) is 0 Å². The van der Waals surface area contributed by atoms with Gasteiger partial charge in [0, 0.05) is 0 Å². The third-order valence-electron chi connectivity index (χ3n) is 6.46. The van der Waals surface area contributed by atoms with Crippen molar-refractivity contribution in [2.24, 2.45) is 0 Å². The van der Waals surface area contributed by atoms with Gasteiger partial charge in [-0.15, -0.1) is 0 Å². The molecule has 1 aliphatic rings. The summed E-state index contributed by atoms with van der Waals surface area (Å²) in [5, 5.41) is 0. The van der Waals surface area contributed by atoms with Crippen molar-refractivity contribution in [3.8, 4) is 0 Å². The molecule has 1 saturated heterocycles. The summed E-state index contributed by atoms with van der Waals surface area (Å²) in [7, 11) is -18.1. The Morgan fingerprint density at radius 1 is 0.484 bits per heavy atom. The van der Waals surface area contributed by atoms with E-state index in [0.29, 0.717) is 0 Å². The van der Waals surface area contributed by atoms with Crippen molar-refractivity contribution in [2.75, 3.05) is 13.1 Å². The molecule has 0 aromatic carbocycles. The molecule has 4 nitrogen and oxygen atoms in total. The first kappa shape index (κ1) is 30.2. The second-order valence-electron chi connectivity index (χ2n) is 14.2. The van der Waals surface area contributed by atoms with Gasteiger partial charge in [0.15, 0.2) is 16.8 Å². The van der Waals surface area contributed by atoms with E-state index in [1.54, 1.807) is 0 Å². The van der Waals surface area contributed by atoms with E-state index in [1.807, 2.05) is 7.79 Å². The first-order valence-corrected chi connectivity index (χ1v) is 33.0. The summed E-state index contributed by atoms with van der Waals surface area (Å²) in [6.45, 7) is 38.0. The molecule has 0 spiro atoms. The number of hydrogen-bond donors (Lipinski definition) is 0. The quantitative estimate of drug-likeness (QED) is 0.295. The Kier molecular flexibility index (Phi) is 8.50. The molecule has 1 aliphatic heterocycles. The zero-order valence-electron chi connectivity index (χ0n) is 23.5. The maximum Gasteiger partial charge on any atom is 0.574 e. The molecule has 0 N–H and O–H groups in total. The van der Waals surface area contributed by atoms with Gasteiger partial charge in [-0.2, -0.15) is 0 Å². The molecule has 0 aromatic heterocycles. The highest BCUT2D eigenvalue weighted by Crippen LogP contribution is 2.42. The fourth-order valence-electron chi connectivity index (χ4n) is 6.51. The van der Waals surface area contributed by atoms with E-state index in [-0.39, 0.29) is 0 Å². The van der Waals surface area contributed by atoms with Gasteiger partial charge in [0.1, 0.15) is 32.9 Å². The van der Waals surface area contributed by atoms with Crippen LogP contribution in [0.4, 0.5) is 8.22 Å². The fourth-order valence-corrected chi connectivity index (χ4v) is 53.7. The van der Waals surface area contributed by atoms with Crippen LogP contribution in [0, 0.1) is 0 Å². The van der Waals surface area contributed by atoms with Crippen molar-refractivity contribution in [2.45, 2.75) is 105 Å². The molecule has 31 heavy (non-hydrogen) atoms. The zero-order valence-corrected chi connectivity index (χ0v) is 30.5. The van der Waals surface area contributed by atoms with Crippen LogP contribution >= 0.6 is 0 Å². The van der Waals surface area contributed by atoms with Crippen LogP contribution in [-0.4, -0.2) is 88.1 Å². The molecule has 186 valence electrons. The maximum atomic E-state index is 17.4. The molecular formula is C18H52F2N4Si7. The summed E-state index contributed by atoms with van der Waals surface area (Å²) >= 11 is 0. The van der Waals surface area contributed by atoms with Gasteiger partial charge >= 0.3 is 9.06 Å². The van der Waals surface area contributed by atoms with E-state index in [9.17, 15) is 0 Å². The molecule has 1 fully saturated rings. The summed E-state index contributed by atoms with van der Waals surface area (Å²) in [6.07, 6.45) is 0. The van der Waals surface area contributed by atoms with Crippen LogP contribution in [0.15, 0.2) is 0 Å². The van der Waals surface area contributed by atoms with E-state index < -0.39 is 58.8 Å². The second-order valence-corrected chi connectivity index (χ2v) is 46.9. The molecule has 0 radical (unpaired) electrons. The van der Waals surface area contributed by atoms with Crippen LogP contribution in [0.3, 0.4) is 0 Å². The summed E-state index contributed by atoms with van der Waals surface area (Å²) < 4.78 is 44.0. The van der Waals surface area contributed by atoms with E-state index in [0.717, 1.165) is 13.1 Å². The van der Waals surface area contributed by atoms with Crippen molar-refractivity contribution < 1.29 is 8.22 Å². The Bertz CT molecular complexity index is 595. The summed E-state index contributed by atoms with van der Waals surface area (Å²) in [5.74, 6) is 0. The second kappa shape index (κ2) is 8.71. The zero-order chi connectivity index (χ0) is 25.2. The van der Waals surface area contributed by atoms with E-state index in [2.05, 4.69) is 113 Å². The minimum Gasteiger partial charge on any atom is -0.333 e. The van der Waals surface area contributed by atoms with Crippen LogP contribution in [0.2, 0.25) is 105 Å². The van der Waals surface area contributed by atoms with Crippen molar-refractivity contribution in [1.29, 1.82) is 0 Å². The van der Waals surface area contributed by atoms with Gasteiger partial charge in [-0.05, 0) is 39.3 Å². The minimum absolute atomic E-state index is 0.945. The summed E-state index contributed by atoms with van der Waals surface area (Å²) in [6, 6.07) is 0. The number of rotatable bonds is 4. The number of hydrogen-bond acceptors (Lipinski definition) is 4. The molecule has 1 rings (SSSR count). The van der Waals surface area contributed by atoms with Crippen LogP contribution in [-0.2, 0) is 0 Å². The van der Waals surface area contributed by atoms with Crippen molar-refractivity contribution in [3.63, 3.8) is 0 Å². The lowest BCUT2D eigenvalue weighted by molar-refractivity contribution is 0.437. The lowest BCUT2D eigenvalue weighted by Crippen LogP contribution is -2.86. The Hall–Kier alpha value is 1.22. The van der Waals surface area contributed by atoms with Gasteiger partial charge < -0.3 is 8.46 Å². The van der Waals surface area contributed by atoms with Gasteiger partial charge in [-0.3, -0.25) is 7.79 Å². The predicted octanol–water partition coefficient (Wildman–Crippen LogP) is 6.33. The maximum absolute atomic E-state index is 17.4. The van der Waals surface area contributed by atoms with Gasteiger partial charge in [-0.25, -0.2) is 8.22 Å². The van der Waals surface area contributed by atoms with Crippen LogP contribution < -0.4 is 0 Å². The Labute approximate surface area is 200 Å². The summed E-state index contributed by atoms with van der Waals surface area (Å²) in [5.41, 5.74) is 0. The average molecular weight is 559 g/mol. The smallest absolute Gasteiger partial charge is 0.333 e. The Morgan fingerprint density at radius 3 is 0.871 bits per heavy atom. The number of nitrogens with zero attached hydrogens (tertiary/aromatic N) is 4. The topological polar surface area (TPSA) is 13.0 Å².